The van der Waals surface area contributed by atoms with Gasteiger partial charge in [-0.3, -0.25) is 0 Å². The Hall–Kier alpha value is -1.12. The summed E-state index contributed by atoms with van der Waals surface area (Å²) in [7, 11) is 0. The third-order valence-corrected chi connectivity index (χ3v) is 6.46. The van der Waals surface area contributed by atoms with E-state index in [4.69, 9.17) is 0 Å². The molecule has 2 unspecified atom stereocenters. The van der Waals surface area contributed by atoms with Crippen molar-refractivity contribution in [3.63, 3.8) is 0 Å². The summed E-state index contributed by atoms with van der Waals surface area (Å²) >= 11 is 0. The molecule has 3 rings (SSSR count). The minimum Gasteiger partial charge on any atom is -0.375 e. The fourth-order valence-electron chi connectivity index (χ4n) is 5.87. The van der Waals surface area contributed by atoms with Gasteiger partial charge in [0.2, 0.25) is 0 Å². The van der Waals surface area contributed by atoms with Gasteiger partial charge in [-0.05, 0) is 69.6 Å². The van der Waals surface area contributed by atoms with E-state index in [9.17, 15) is 0 Å². The van der Waals surface area contributed by atoms with Gasteiger partial charge in [0.25, 0.3) is 0 Å². The highest BCUT2D eigenvalue weighted by Gasteiger charge is 2.44. The predicted octanol–water partition coefficient (Wildman–Crippen LogP) is 4.24. The molecule has 3 heteroatoms. The van der Waals surface area contributed by atoms with Crippen molar-refractivity contribution < 1.29 is 0 Å². The Balaban J connectivity index is 1.53. The third kappa shape index (κ3) is 4.10. The van der Waals surface area contributed by atoms with Crippen molar-refractivity contribution in [1.82, 2.24) is 15.5 Å². The van der Waals surface area contributed by atoms with E-state index in [2.05, 4.69) is 49.5 Å². The van der Waals surface area contributed by atoms with Crippen LogP contribution in [0.4, 0.5) is 0 Å². The Bertz CT molecular complexity index is 456. The SMILES string of the molecule is C=C(NC1CCN(C(=C)C)CC1)NC12CC(C)CC(CC(C)C1)C2. The second-order valence-electron chi connectivity index (χ2n) is 9.18. The zero-order chi connectivity index (χ0) is 17.3. The highest BCUT2D eigenvalue weighted by atomic mass is 15.2. The zero-order valence-electron chi connectivity index (χ0n) is 16.0. The fourth-order valence-corrected chi connectivity index (χ4v) is 5.87. The number of hydrogen-bond donors (Lipinski definition) is 2. The van der Waals surface area contributed by atoms with Gasteiger partial charge >= 0.3 is 0 Å². The fraction of sp³-hybridized carbons (Fsp3) is 0.810. The molecule has 1 aliphatic heterocycles. The summed E-state index contributed by atoms with van der Waals surface area (Å²) in [5.74, 6) is 3.66. The van der Waals surface area contributed by atoms with Gasteiger partial charge < -0.3 is 15.5 Å². The van der Waals surface area contributed by atoms with Crippen LogP contribution in [0.3, 0.4) is 0 Å². The van der Waals surface area contributed by atoms with E-state index in [1.54, 1.807) is 0 Å². The maximum Gasteiger partial charge on any atom is 0.0918 e. The van der Waals surface area contributed by atoms with Crippen molar-refractivity contribution in [2.45, 2.75) is 77.3 Å². The quantitative estimate of drug-likeness (QED) is 0.789. The number of piperidine rings is 1. The predicted molar refractivity (Wildman–Crippen MR) is 102 cm³/mol. The van der Waals surface area contributed by atoms with Crippen LogP contribution >= 0.6 is 0 Å². The van der Waals surface area contributed by atoms with Gasteiger partial charge in [-0.15, -0.1) is 0 Å². The molecule has 0 amide bonds. The van der Waals surface area contributed by atoms with E-state index in [0.717, 1.165) is 36.7 Å². The van der Waals surface area contributed by atoms with Gasteiger partial charge in [-0.1, -0.05) is 27.0 Å². The van der Waals surface area contributed by atoms with Crippen molar-refractivity contribution >= 4 is 0 Å². The molecular formula is C21H37N3. The molecule has 2 bridgehead atoms. The number of likely N-dealkylation sites (tertiary alicyclic amines) is 1. The van der Waals surface area contributed by atoms with Crippen LogP contribution in [-0.4, -0.2) is 29.6 Å². The van der Waals surface area contributed by atoms with Crippen LogP contribution in [0.15, 0.2) is 24.7 Å². The lowest BCUT2D eigenvalue weighted by molar-refractivity contribution is 0.0606. The molecule has 2 aliphatic carbocycles. The van der Waals surface area contributed by atoms with Crippen molar-refractivity contribution in [2.75, 3.05) is 13.1 Å². The van der Waals surface area contributed by atoms with Crippen LogP contribution in [0, 0.1) is 17.8 Å². The first-order valence-corrected chi connectivity index (χ1v) is 9.99. The van der Waals surface area contributed by atoms with Crippen molar-refractivity contribution in [3.05, 3.63) is 24.7 Å². The smallest absolute Gasteiger partial charge is 0.0918 e. The van der Waals surface area contributed by atoms with Gasteiger partial charge in [0.15, 0.2) is 0 Å². The average Bonchev–Trinajstić information content (AvgIpc) is 2.45. The lowest BCUT2D eigenvalue weighted by atomic mass is 9.61. The maximum atomic E-state index is 4.34. The Kier molecular flexibility index (Phi) is 5.17. The summed E-state index contributed by atoms with van der Waals surface area (Å²) in [6.45, 7) is 17.6. The highest BCUT2D eigenvalue weighted by molar-refractivity contribution is 5.07. The molecule has 0 aromatic rings. The van der Waals surface area contributed by atoms with Gasteiger partial charge in [-0.25, -0.2) is 0 Å². The number of allylic oxidation sites excluding steroid dienone is 1. The molecule has 24 heavy (non-hydrogen) atoms. The standard InChI is InChI=1S/C21H37N3/c1-15(2)24-8-6-20(7-9-24)22-18(5)23-21-12-16(3)10-19(14-21)11-17(4)13-21/h16-17,19-20,22-23H,1,5-14H2,2-4H3. The Labute approximate surface area is 149 Å². The van der Waals surface area contributed by atoms with E-state index in [0.29, 0.717) is 11.6 Å². The van der Waals surface area contributed by atoms with Gasteiger partial charge in [-0.2, -0.15) is 0 Å². The molecule has 3 fully saturated rings. The van der Waals surface area contributed by atoms with Crippen LogP contribution < -0.4 is 10.6 Å². The summed E-state index contributed by atoms with van der Waals surface area (Å²) < 4.78 is 0. The number of nitrogens with one attached hydrogen (secondary N) is 2. The zero-order valence-corrected chi connectivity index (χ0v) is 16.0. The lowest BCUT2D eigenvalue weighted by Crippen LogP contribution is -2.56. The van der Waals surface area contributed by atoms with Crippen LogP contribution in [-0.2, 0) is 0 Å². The molecule has 136 valence electrons. The summed E-state index contributed by atoms with van der Waals surface area (Å²) in [6, 6.07) is 0.551. The normalized spacial score (nSPS) is 37.0. The van der Waals surface area contributed by atoms with Gasteiger partial charge in [0.1, 0.15) is 0 Å². The van der Waals surface area contributed by atoms with E-state index in [-0.39, 0.29) is 0 Å². The van der Waals surface area contributed by atoms with Crippen LogP contribution in [0.2, 0.25) is 0 Å². The first kappa shape index (κ1) is 17.7. The minimum absolute atomic E-state index is 0.294. The van der Waals surface area contributed by atoms with Crippen molar-refractivity contribution in [1.29, 1.82) is 0 Å². The largest absolute Gasteiger partial charge is 0.375 e. The third-order valence-electron chi connectivity index (χ3n) is 6.46. The first-order chi connectivity index (χ1) is 11.3. The van der Waals surface area contributed by atoms with Crippen LogP contribution in [0.25, 0.3) is 0 Å². The van der Waals surface area contributed by atoms with Gasteiger partial charge in [0, 0.05) is 30.4 Å². The molecule has 3 aliphatic rings. The molecule has 0 spiro atoms. The second-order valence-corrected chi connectivity index (χ2v) is 9.18. The maximum absolute atomic E-state index is 4.34. The molecule has 1 heterocycles. The van der Waals surface area contributed by atoms with Crippen molar-refractivity contribution in [3.8, 4) is 0 Å². The highest BCUT2D eigenvalue weighted by Crippen LogP contribution is 2.47. The summed E-state index contributed by atoms with van der Waals surface area (Å²) in [4.78, 5) is 2.39. The Morgan fingerprint density at radius 2 is 1.58 bits per heavy atom. The van der Waals surface area contributed by atoms with Crippen LogP contribution in [0.1, 0.15) is 65.7 Å². The Morgan fingerprint density at radius 3 is 2.12 bits per heavy atom. The van der Waals surface area contributed by atoms with Crippen molar-refractivity contribution in [2.24, 2.45) is 17.8 Å². The van der Waals surface area contributed by atoms with E-state index in [1.165, 1.54) is 50.6 Å². The monoisotopic (exact) mass is 331 g/mol. The van der Waals surface area contributed by atoms with E-state index in [1.807, 2.05) is 0 Å². The average molecular weight is 332 g/mol. The van der Waals surface area contributed by atoms with Crippen LogP contribution in [0.5, 0.6) is 0 Å². The molecular weight excluding hydrogens is 294 g/mol. The van der Waals surface area contributed by atoms with E-state index < -0.39 is 0 Å². The van der Waals surface area contributed by atoms with Gasteiger partial charge in [0.05, 0.1) is 5.82 Å². The Morgan fingerprint density at radius 1 is 1.00 bits per heavy atom. The number of nitrogens with zero attached hydrogens (tertiary/aromatic N) is 1. The molecule has 0 aromatic carbocycles. The molecule has 3 nitrogen and oxygen atoms in total. The summed E-state index contributed by atoms with van der Waals surface area (Å²) in [5, 5.41) is 7.56. The molecule has 1 saturated heterocycles. The summed E-state index contributed by atoms with van der Waals surface area (Å²) in [5.41, 5.74) is 1.49. The number of hydrogen-bond acceptors (Lipinski definition) is 3. The summed E-state index contributed by atoms with van der Waals surface area (Å²) in [6.07, 6.45) is 9.16. The molecule has 2 atom stereocenters. The molecule has 2 N–H and O–H groups in total. The second kappa shape index (κ2) is 7.01. The lowest BCUT2D eigenvalue weighted by Gasteiger charge is -2.51. The topological polar surface area (TPSA) is 27.3 Å². The van der Waals surface area contributed by atoms with E-state index >= 15 is 0 Å². The molecule has 0 aromatic heterocycles. The molecule has 0 radical (unpaired) electrons. The first-order valence-electron chi connectivity index (χ1n) is 9.99. The minimum atomic E-state index is 0.294. The molecule has 2 saturated carbocycles. The number of fused-ring (bicyclic) bond motifs is 2. The number of rotatable bonds is 5.